The van der Waals surface area contributed by atoms with Crippen molar-refractivity contribution in [2.45, 2.75) is 62.6 Å². The quantitative estimate of drug-likeness (QED) is 0.514. The van der Waals surface area contributed by atoms with Crippen LogP contribution in [0.4, 0.5) is 35.1 Å². The van der Waals surface area contributed by atoms with Gasteiger partial charge in [-0.2, -0.15) is 40.0 Å². The van der Waals surface area contributed by atoms with Crippen LogP contribution in [0, 0.1) is 5.92 Å². The van der Waals surface area contributed by atoms with E-state index in [2.05, 4.69) is 0 Å². The van der Waals surface area contributed by atoms with E-state index in [0.717, 1.165) is 0 Å². The standard InChI is InChI=1S/C11H13F8N/c1-6-4-2-3-5-7(6)20-10(16,17)8(12,13)9(14,15)11(20,18)19/h6-7H,2-5H2,1H3. The first kappa shape index (κ1) is 15.8. The van der Waals surface area contributed by atoms with Crippen LogP contribution < -0.4 is 0 Å². The summed E-state index contributed by atoms with van der Waals surface area (Å²) in [6.45, 7) is 1.32. The van der Waals surface area contributed by atoms with E-state index in [1.807, 2.05) is 0 Å². The summed E-state index contributed by atoms with van der Waals surface area (Å²) >= 11 is 0. The predicted molar refractivity (Wildman–Crippen MR) is 53.0 cm³/mol. The third-order valence-electron chi connectivity index (χ3n) is 4.15. The fourth-order valence-electron chi connectivity index (χ4n) is 2.95. The Morgan fingerprint density at radius 2 is 1.15 bits per heavy atom. The second kappa shape index (κ2) is 4.20. The molecule has 1 saturated heterocycles. The molecule has 0 N–H and O–H groups in total. The minimum atomic E-state index is -6.11. The maximum absolute atomic E-state index is 13.6. The highest BCUT2D eigenvalue weighted by molar-refractivity contribution is 5.14. The Labute approximate surface area is 109 Å². The Hall–Kier alpha value is -0.600. The van der Waals surface area contributed by atoms with Crippen LogP contribution in [0.25, 0.3) is 0 Å². The van der Waals surface area contributed by atoms with Crippen LogP contribution in [-0.2, 0) is 0 Å². The van der Waals surface area contributed by atoms with Gasteiger partial charge in [0.1, 0.15) is 0 Å². The lowest BCUT2D eigenvalue weighted by atomic mass is 9.85. The van der Waals surface area contributed by atoms with Gasteiger partial charge in [0, 0.05) is 6.04 Å². The summed E-state index contributed by atoms with van der Waals surface area (Å²) < 4.78 is 107. The Morgan fingerprint density at radius 3 is 1.55 bits per heavy atom. The normalized spacial score (nSPS) is 38.9. The minimum absolute atomic E-state index is 0.238. The van der Waals surface area contributed by atoms with E-state index in [0.29, 0.717) is 6.42 Å². The monoisotopic (exact) mass is 311 g/mol. The van der Waals surface area contributed by atoms with E-state index in [4.69, 9.17) is 0 Å². The third-order valence-corrected chi connectivity index (χ3v) is 4.15. The molecule has 9 heteroatoms. The van der Waals surface area contributed by atoms with Gasteiger partial charge in [0.25, 0.3) is 0 Å². The zero-order chi connectivity index (χ0) is 15.6. The number of hydrogen-bond donors (Lipinski definition) is 0. The molecule has 118 valence electrons. The zero-order valence-electron chi connectivity index (χ0n) is 10.5. The van der Waals surface area contributed by atoms with Crippen molar-refractivity contribution >= 4 is 0 Å². The number of nitrogens with zero attached hydrogens (tertiary/aromatic N) is 1. The van der Waals surface area contributed by atoms with Crippen LogP contribution in [0.2, 0.25) is 0 Å². The van der Waals surface area contributed by atoms with Crippen LogP contribution >= 0.6 is 0 Å². The first-order valence-corrected chi connectivity index (χ1v) is 6.19. The van der Waals surface area contributed by atoms with Crippen molar-refractivity contribution in [3.05, 3.63) is 0 Å². The fourth-order valence-corrected chi connectivity index (χ4v) is 2.95. The van der Waals surface area contributed by atoms with Crippen molar-refractivity contribution in [3.8, 4) is 0 Å². The van der Waals surface area contributed by atoms with E-state index in [1.54, 1.807) is 0 Å². The van der Waals surface area contributed by atoms with Crippen molar-refractivity contribution in [1.82, 2.24) is 4.90 Å². The zero-order valence-corrected chi connectivity index (χ0v) is 10.5. The van der Waals surface area contributed by atoms with Gasteiger partial charge >= 0.3 is 23.9 Å². The lowest BCUT2D eigenvalue weighted by molar-refractivity contribution is -0.303. The molecule has 0 aromatic heterocycles. The highest BCUT2D eigenvalue weighted by Gasteiger charge is 2.93. The molecule has 2 aliphatic rings. The van der Waals surface area contributed by atoms with Crippen LogP contribution in [0.3, 0.4) is 0 Å². The molecule has 2 atom stereocenters. The van der Waals surface area contributed by atoms with E-state index in [-0.39, 0.29) is 19.3 Å². The number of likely N-dealkylation sites (tertiary alicyclic amines) is 1. The molecule has 0 amide bonds. The number of halogens is 8. The van der Waals surface area contributed by atoms with E-state index < -0.39 is 40.8 Å². The SMILES string of the molecule is CC1CCCCC1N1C(F)(F)C(F)(F)C(F)(F)C1(F)F. The van der Waals surface area contributed by atoms with E-state index >= 15 is 0 Å². The van der Waals surface area contributed by atoms with Gasteiger partial charge in [-0.05, 0) is 18.8 Å². The fraction of sp³-hybridized carbons (Fsp3) is 1.00. The highest BCUT2D eigenvalue weighted by atomic mass is 19.4. The molecule has 1 aliphatic heterocycles. The van der Waals surface area contributed by atoms with E-state index in [9.17, 15) is 35.1 Å². The largest absolute Gasteiger partial charge is 0.394 e. The Bertz CT molecular complexity index is 368. The average molecular weight is 311 g/mol. The van der Waals surface area contributed by atoms with Crippen molar-refractivity contribution < 1.29 is 35.1 Å². The van der Waals surface area contributed by atoms with Gasteiger partial charge in [-0.1, -0.05) is 19.8 Å². The maximum atomic E-state index is 13.6. The molecule has 0 bridgehead atoms. The van der Waals surface area contributed by atoms with Gasteiger partial charge in [-0.3, -0.25) is 0 Å². The molecular formula is C11H13F8N. The van der Waals surface area contributed by atoms with Gasteiger partial charge in [-0.15, -0.1) is 0 Å². The van der Waals surface area contributed by atoms with Crippen molar-refractivity contribution in [3.63, 3.8) is 0 Å². The highest BCUT2D eigenvalue weighted by Crippen LogP contribution is 2.64. The number of hydrogen-bond acceptors (Lipinski definition) is 1. The second-order valence-corrected chi connectivity index (χ2v) is 5.43. The van der Waals surface area contributed by atoms with Gasteiger partial charge in [0.05, 0.1) is 0 Å². The van der Waals surface area contributed by atoms with Crippen LogP contribution in [-0.4, -0.2) is 34.9 Å². The summed E-state index contributed by atoms with van der Waals surface area (Å²) in [6, 6.07) is -12.9. The minimum Gasteiger partial charge on any atom is -0.191 e. The molecule has 0 aromatic carbocycles. The Balaban J connectivity index is 2.51. The summed E-state index contributed by atoms with van der Waals surface area (Å²) in [4.78, 5) is -1.25. The molecule has 20 heavy (non-hydrogen) atoms. The number of rotatable bonds is 1. The number of alkyl halides is 8. The molecule has 1 aliphatic carbocycles. The Kier molecular flexibility index (Phi) is 3.32. The molecule has 2 fully saturated rings. The molecule has 0 aromatic rings. The van der Waals surface area contributed by atoms with Gasteiger partial charge in [0.15, 0.2) is 0 Å². The van der Waals surface area contributed by atoms with Crippen LogP contribution in [0.5, 0.6) is 0 Å². The van der Waals surface area contributed by atoms with Crippen molar-refractivity contribution in [1.29, 1.82) is 0 Å². The summed E-state index contributed by atoms with van der Waals surface area (Å²) in [7, 11) is 0. The molecule has 2 rings (SSSR count). The van der Waals surface area contributed by atoms with Gasteiger partial charge in [-0.25, -0.2) is 0 Å². The topological polar surface area (TPSA) is 3.24 Å². The molecule has 2 unspecified atom stereocenters. The predicted octanol–water partition coefficient (Wildman–Crippen LogP) is 4.34. The maximum Gasteiger partial charge on any atom is 0.394 e. The van der Waals surface area contributed by atoms with E-state index in [1.165, 1.54) is 6.92 Å². The second-order valence-electron chi connectivity index (χ2n) is 5.43. The molecule has 1 heterocycles. The molecule has 0 spiro atoms. The summed E-state index contributed by atoms with van der Waals surface area (Å²) in [5.74, 6) is -13.0. The first-order chi connectivity index (χ1) is 8.89. The Morgan fingerprint density at radius 1 is 0.750 bits per heavy atom. The molecule has 1 saturated carbocycles. The van der Waals surface area contributed by atoms with Gasteiger partial charge < -0.3 is 0 Å². The summed E-state index contributed by atoms with van der Waals surface area (Å²) in [5, 5.41) is 0. The average Bonchev–Trinajstić information content (AvgIpc) is 2.36. The van der Waals surface area contributed by atoms with Crippen LogP contribution in [0.1, 0.15) is 32.6 Å². The first-order valence-electron chi connectivity index (χ1n) is 6.19. The molecule has 0 radical (unpaired) electrons. The smallest absolute Gasteiger partial charge is 0.191 e. The lowest BCUT2D eigenvalue weighted by Crippen LogP contribution is -2.57. The lowest BCUT2D eigenvalue weighted by Gasteiger charge is -2.40. The summed E-state index contributed by atoms with van der Waals surface area (Å²) in [5.41, 5.74) is 0. The van der Waals surface area contributed by atoms with Gasteiger partial charge in [0.2, 0.25) is 0 Å². The molecular weight excluding hydrogens is 298 g/mol. The molecule has 1 nitrogen and oxygen atoms in total. The third kappa shape index (κ3) is 1.64. The van der Waals surface area contributed by atoms with Crippen LogP contribution in [0.15, 0.2) is 0 Å². The van der Waals surface area contributed by atoms with Crippen molar-refractivity contribution in [2.75, 3.05) is 0 Å². The van der Waals surface area contributed by atoms with Crippen molar-refractivity contribution in [2.24, 2.45) is 5.92 Å². The summed E-state index contributed by atoms with van der Waals surface area (Å²) in [6.07, 6.45) is 0.840.